The molecule has 2 N–H and O–H groups in total. The minimum Gasteiger partial charge on any atom is -0.352 e. The van der Waals surface area contributed by atoms with E-state index < -0.39 is 0 Å². The van der Waals surface area contributed by atoms with Crippen molar-refractivity contribution in [2.24, 2.45) is 0 Å². The molecule has 34 heavy (non-hydrogen) atoms. The summed E-state index contributed by atoms with van der Waals surface area (Å²) in [5.41, 5.74) is 3.80. The van der Waals surface area contributed by atoms with Crippen LogP contribution in [-0.2, 0) is 11.3 Å². The molecule has 1 saturated carbocycles. The minimum atomic E-state index is -0.259. The zero-order valence-corrected chi connectivity index (χ0v) is 18.7. The van der Waals surface area contributed by atoms with Gasteiger partial charge in [0.2, 0.25) is 5.91 Å². The Labute approximate surface area is 197 Å². The second-order valence-electron chi connectivity index (χ2n) is 8.47. The van der Waals surface area contributed by atoms with E-state index in [1.165, 1.54) is 4.68 Å². The van der Waals surface area contributed by atoms with Crippen LogP contribution >= 0.6 is 0 Å². The molecular weight excluding hydrogens is 428 g/mol. The van der Waals surface area contributed by atoms with E-state index in [1.54, 1.807) is 30.7 Å². The second-order valence-corrected chi connectivity index (χ2v) is 8.47. The normalized spacial score (nSPS) is 13.6. The summed E-state index contributed by atoms with van der Waals surface area (Å²) >= 11 is 0. The summed E-state index contributed by atoms with van der Waals surface area (Å²) in [5, 5.41) is 14.6. The fourth-order valence-electron chi connectivity index (χ4n) is 4.32. The van der Waals surface area contributed by atoms with E-state index in [-0.39, 0.29) is 24.4 Å². The van der Waals surface area contributed by atoms with Crippen LogP contribution in [0.2, 0.25) is 0 Å². The standard InChI is InChI=1S/C26H26N6O2/c33-25(29-21-10-4-5-11-21)18-31-17-22(16-28-31)30-26(34)20-9-6-12-23(15-20)32-24(13-14-27-32)19-7-2-1-3-8-19/h1-3,6-9,12-17,21H,4-5,10-11,18H2,(H,29,33)(H,30,34). The van der Waals surface area contributed by atoms with Crippen LogP contribution in [-0.4, -0.2) is 37.4 Å². The quantitative estimate of drug-likeness (QED) is 0.441. The molecule has 2 heterocycles. The van der Waals surface area contributed by atoms with Gasteiger partial charge in [0.15, 0.2) is 0 Å². The molecule has 1 aliphatic rings. The van der Waals surface area contributed by atoms with Crippen LogP contribution in [0.1, 0.15) is 36.0 Å². The Morgan fingerprint density at radius 2 is 1.79 bits per heavy atom. The van der Waals surface area contributed by atoms with Gasteiger partial charge in [-0.25, -0.2) is 4.68 Å². The van der Waals surface area contributed by atoms with E-state index in [9.17, 15) is 9.59 Å². The summed E-state index contributed by atoms with van der Waals surface area (Å²) in [5.74, 6) is -0.320. The lowest BCUT2D eigenvalue weighted by atomic mass is 10.1. The van der Waals surface area contributed by atoms with Crippen LogP contribution in [0.5, 0.6) is 0 Å². The molecule has 0 atom stereocenters. The Bertz CT molecular complexity index is 1290. The van der Waals surface area contributed by atoms with Gasteiger partial charge in [-0.3, -0.25) is 14.3 Å². The van der Waals surface area contributed by atoms with Crippen molar-refractivity contribution in [2.75, 3.05) is 5.32 Å². The van der Waals surface area contributed by atoms with Crippen LogP contribution in [0, 0.1) is 0 Å². The number of hydrogen-bond acceptors (Lipinski definition) is 4. The predicted octanol–water partition coefficient (Wildman–Crippen LogP) is 4.05. The molecule has 4 aromatic rings. The van der Waals surface area contributed by atoms with E-state index in [0.717, 1.165) is 42.6 Å². The molecule has 0 radical (unpaired) electrons. The van der Waals surface area contributed by atoms with Crippen LogP contribution in [0.15, 0.2) is 79.3 Å². The Hall–Kier alpha value is -4.20. The van der Waals surface area contributed by atoms with Gasteiger partial charge in [0, 0.05) is 23.4 Å². The summed E-state index contributed by atoms with van der Waals surface area (Å²) < 4.78 is 3.35. The molecule has 2 aromatic carbocycles. The fraction of sp³-hybridized carbons (Fsp3) is 0.231. The molecule has 5 rings (SSSR count). The summed E-state index contributed by atoms with van der Waals surface area (Å²) in [6.45, 7) is 0.128. The van der Waals surface area contributed by atoms with E-state index >= 15 is 0 Å². The molecule has 0 saturated heterocycles. The number of hydrogen-bond donors (Lipinski definition) is 2. The van der Waals surface area contributed by atoms with Crippen LogP contribution < -0.4 is 10.6 Å². The van der Waals surface area contributed by atoms with E-state index in [1.807, 2.05) is 53.2 Å². The van der Waals surface area contributed by atoms with Crippen molar-refractivity contribution < 1.29 is 9.59 Å². The first-order valence-electron chi connectivity index (χ1n) is 11.5. The van der Waals surface area contributed by atoms with Gasteiger partial charge < -0.3 is 10.6 Å². The van der Waals surface area contributed by atoms with Crippen molar-refractivity contribution in [3.8, 4) is 16.9 Å². The number of rotatable bonds is 7. The minimum absolute atomic E-state index is 0.0611. The molecule has 0 aliphatic heterocycles. The smallest absolute Gasteiger partial charge is 0.255 e. The van der Waals surface area contributed by atoms with Gasteiger partial charge in [0.25, 0.3) is 5.91 Å². The zero-order chi connectivity index (χ0) is 23.3. The Balaban J connectivity index is 1.26. The van der Waals surface area contributed by atoms with Gasteiger partial charge in [0.1, 0.15) is 6.54 Å². The molecular formula is C26H26N6O2. The van der Waals surface area contributed by atoms with E-state index in [0.29, 0.717) is 11.3 Å². The number of benzene rings is 2. The molecule has 2 amide bonds. The number of nitrogens with zero attached hydrogens (tertiary/aromatic N) is 4. The highest BCUT2D eigenvalue weighted by molar-refractivity contribution is 6.04. The lowest BCUT2D eigenvalue weighted by Crippen LogP contribution is -2.35. The zero-order valence-electron chi connectivity index (χ0n) is 18.7. The summed E-state index contributed by atoms with van der Waals surface area (Å²) in [6.07, 6.45) is 9.36. The average Bonchev–Trinajstić information content (AvgIpc) is 3.62. The predicted molar refractivity (Wildman–Crippen MR) is 130 cm³/mol. The van der Waals surface area contributed by atoms with Gasteiger partial charge in [0.05, 0.1) is 29.5 Å². The highest BCUT2D eigenvalue weighted by Crippen LogP contribution is 2.23. The largest absolute Gasteiger partial charge is 0.352 e. The van der Waals surface area contributed by atoms with Crippen molar-refractivity contribution in [1.82, 2.24) is 24.9 Å². The maximum Gasteiger partial charge on any atom is 0.255 e. The van der Waals surface area contributed by atoms with Crippen molar-refractivity contribution >= 4 is 17.5 Å². The second kappa shape index (κ2) is 9.74. The summed E-state index contributed by atoms with van der Waals surface area (Å²) in [7, 11) is 0. The first kappa shape index (κ1) is 21.6. The number of carbonyl (C=O) groups excluding carboxylic acids is 2. The third-order valence-corrected chi connectivity index (χ3v) is 5.98. The van der Waals surface area contributed by atoms with Crippen molar-refractivity contribution in [3.63, 3.8) is 0 Å². The van der Waals surface area contributed by atoms with Crippen molar-refractivity contribution in [2.45, 2.75) is 38.3 Å². The molecule has 172 valence electrons. The fourth-order valence-corrected chi connectivity index (χ4v) is 4.32. The van der Waals surface area contributed by atoms with Gasteiger partial charge in [-0.2, -0.15) is 10.2 Å². The third kappa shape index (κ3) is 4.91. The number of amides is 2. The lowest BCUT2D eigenvalue weighted by molar-refractivity contribution is -0.122. The van der Waals surface area contributed by atoms with E-state index in [4.69, 9.17) is 0 Å². The summed E-state index contributed by atoms with van der Waals surface area (Å²) in [4.78, 5) is 25.1. The molecule has 0 unspecified atom stereocenters. The highest BCUT2D eigenvalue weighted by Gasteiger charge is 2.17. The van der Waals surface area contributed by atoms with Gasteiger partial charge in [-0.1, -0.05) is 49.2 Å². The van der Waals surface area contributed by atoms with Crippen molar-refractivity contribution in [1.29, 1.82) is 0 Å². The number of aromatic nitrogens is 4. The highest BCUT2D eigenvalue weighted by atomic mass is 16.2. The van der Waals surface area contributed by atoms with Crippen molar-refractivity contribution in [3.05, 3.63) is 84.8 Å². The van der Waals surface area contributed by atoms with Crippen LogP contribution in [0.25, 0.3) is 16.9 Å². The molecule has 8 heteroatoms. The number of nitrogens with one attached hydrogen (secondary N) is 2. The lowest BCUT2D eigenvalue weighted by Gasteiger charge is -2.11. The molecule has 0 bridgehead atoms. The first-order valence-corrected chi connectivity index (χ1v) is 11.5. The molecule has 8 nitrogen and oxygen atoms in total. The van der Waals surface area contributed by atoms with Crippen LogP contribution in [0.3, 0.4) is 0 Å². The Morgan fingerprint density at radius 3 is 2.62 bits per heavy atom. The number of anilines is 1. The Morgan fingerprint density at radius 1 is 0.971 bits per heavy atom. The Kier molecular flexibility index (Phi) is 6.20. The molecule has 1 fully saturated rings. The molecule has 1 aliphatic carbocycles. The van der Waals surface area contributed by atoms with Gasteiger partial charge >= 0.3 is 0 Å². The van der Waals surface area contributed by atoms with Gasteiger partial charge in [-0.05, 0) is 37.1 Å². The topological polar surface area (TPSA) is 93.8 Å². The maximum absolute atomic E-state index is 12.9. The SMILES string of the molecule is O=C(Cn1cc(NC(=O)c2cccc(-n3nccc3-c3ccccc3)c2)cn1)NC1CCCC1. The number of carbonyl (C=O) groups is 2. The monoisotopic (exact) mass is 454 g/mol. The average molecular weight is 455 g/mol. The third-order valence-electron chi connectivity index (χ3n) is 5.98. The van der Waals surface area contributed by atoms with E-state index in [2.05, 4.69) is 20.8 Å². The first-order chi connectivity index (χ1) is 16.7. The van der Waals surface area contributed by atoms with Gasteiger partial charge in [-0.15, -0.1) is 0 Å². The summed E-state index contributed by atoms with van der Waals surface area (Å²) in [6, 6.07) is 19.5. The molecule has 0 spiro atoms. The van der Waals surface area contributed by atoms with Crippen LogP contribution in [0.4, 0.5) is 5.69 Å². The molecule has 2 aromatic heterocycles. The maximum atomic E-state index is 12.9.